The summed E-state index contributed by atoms with van der Waals surface area (Å²) in [4.78, 5) is 0. The van der Waals surface area contributed by atoms with Crippen LogP contribution in [0.5, 0.6) is 0 Å². The van der Waals surface area contributed by atoms with Crippen molar-refractivity contribution in [2.75, 3.05) is 0 Å². The highest BCUT2D eigenvalue weighted by Crippen LogP contribution is 2.11. The second kappa shape index (κ2) is 2.95. The minimum Gasteiger partial charge on any atom is -0.260 e. The summed E-state index contributed by atoms with van der Waals surface area (Å²) >= 11 is 0. The Morgan fingerprint density at radius 1 is 0.917 bits per heavy atom. The predicted octanol–water partition coefficient (Wildman–Crippen LogP) is 1.55. The first-order valence-electron chi connectivity index (χ1n) is 3.35. The van der Waals surface area contributed by atoms with Crippen LogP contribution in [0.25, 0.3) is 0 Å². The molecule has 2 N–H and O–H groups in total. The first-order valence-corrected chi connectivity index (χ1v) is 3.35. The van der Waals surface area contributed by atoms with Crippen molar-refractivity contribution in [3.05, 3.63) is 24.5 Å². The second-order valence-electron chi connectivity index (χ2n) is 2.08. The number of rotatable bonds is 2. The number of aromatic amines is 2. The lowest BCUT2D eigenvalue weighted by Gasteiger charge is -1.81. The van der Waals surface area contributed by atoms with Crippen LogP contribution in [0.4, 0.5) is 11.6 Å². The van der Waals surface area contributed by atoms with Gasteiger partial charge in [-0.25, -0.2) is 0 Å². The van der Waals surface area contributed by atoms with Crippen molar-refractivity contribution >= 4 is 11.6 Å². The van der Waals surface area contributed by atoms with E-state index < -0.39 is 0 Å². The molecule has 2 heterocycles. The van der Waals surface area contributed by atoms with Gasteiger partial charge in [0.05, 0.1) is 12.4 Å². The highest BCUT2D eigenvalue weighted by atomic mass is 15.3. The van der Waals surface area contributed by atoms with Crippen molar-refractivity contribution in [2.24, 2.45) is 10.2 Å². The monoisotopic (exact) mass is 162 g/mol. The fourth-order valence-electron chi connectivity index (χ4n) is 0.716. The molecular formula is C6H6N6. The van der Waals surface area contributed by atoms with E-state index in [1.165, 1.54) is 0 Å². The summed E-state index contributed by atoms with van der Waals surface area (Å²) in [6.07, 6.45) is 3.22. The van der Waals surface area contributed by atoms with E-state index in [0.717, 1.165) is 0 Å². The standard InChI is InChI=1S/C6H6N6/c1-3-7-9-5(1)11-12-6-2-4-8-10-6/h1-4H,(H,7,9)(H,8,10). The SMILES string of the molecule is c1cc(N=Nc2ccn[nH]2)[nH]n1. The van der Waals surface area contributed by atoms with Crippen molar-refractivity contribution in [1.82, 2.24) is 20.4 Å². The molecule has 0 atom stereocenters. The van der Waals surface area contributed by atoms with E-state index in [9.17, 15) is 0 Å². The fourth-order valence-corrected chi connectivity index (χ4v) is 0.716. The third kappa shape index (κ3) is 1.36. The molecule has 0 unspecified atom stereocenters. The van der Waals surface area contributed by atoms with Crippen LogP contribution in [-0.4, -0.2) is 20.4 Å². The summed E-state index contributed by atoms with van der Waals surface area (Å²) in [6.45, 7) is 0. The van der Waals surface area contributed by atoms with E-state index in [1.807, 2.05) is 0 Å². The molecule has 0 radical (unpaired) electrons. The minimum absolute atomic E-state index is 0.615. The molecule has 2 aromatic heterocycles. The number of hydrogen-bond acceptors (Lipinski definition) is 4. The number of H-pyrrole nitrogens is 2. The van der Waals surface area contributed by atoms with Crippen LogP contribution in [0.1, 0.15) is 0 Å². The highest BCUT2D eigenvalue weighted by Gasteiger charge is 1.89. The van der Waals surface area contributed by atoms with Crippen molar-refractivity contribution in [3.8, 4) is 0 Å². The molecule has 60 valence electrons. The molecule has 0 spiro atoms. The lowest BCUT2D eigenvalue weighted by Crippen LogP contribution is -1.64. The molecule has 0 aliphatic rings. The Labute approximate surface area is 67.7 Å². The van der Waals surface area contributed by atoms with Gasteiger partial charge in [0, 0.05) is 12.1 Å². The largest absolute Gasteiger partial charge is 0.260 e. The highest BCUT2D eigenvalue weighted by molar-refractivity contribution is 5.26. The van der Waals surface area contributed by atoms with E-state index in [2.05, 4.69) is 30.6 Å². The summed E-state index contributed by atoms with van der Waals surface area (Å²) in [7, 11) is 0. The van der Waals surface area contributed by atoms with E-state index in [1.54, 1.807) is 24.5 Å². The summed E-state index contributed by atoms with van der Waals surface area (Å²) in [5.74, 6) is 1.23. The summed E-state index contributed by atoms with van der Waals surface area (Å²) in [5.41, 5.74) is 0. The maximum atomic E-state index is 3.84. The second-order valence-corrected chi connectivity index (χ2v) is 2.08. The zero-order valence-corrected chi connectivity index (χ0v) is 6.10. The van der Waals surface area contributed by atoms with Gasteiger partial charge in [0.15, 0.2) is 11.6 Å². The Balaban J connectivity index is 2.14. The van der Waals surface area contributed by atoms with Gasteiger partial charge in [-0.1, -0.05) is 0 Å². The topological polar surface area (TPSA) is 82.1 Å². The molecule has 12 heavy (non-hydrogen) atoms. The molecule has 0 amide bonds. The average Bonchev–Trinajstić information content (AvgIpc) is 2.74. The molecular weight excluding hydrogens is 156 g/mol. The molecule has 0 aliphatic carbocycles. The zero-order chi connectivity index (χ0) is 8.23. The van der Waals surface area contributed by atoms with Crippen LogP contribution < -0.4 is 0 Å². The van der Waals surface area contributed by atoms with E-state index >= 15 is 0 Å². The Kier molecular flexibility index (Phi) is 1.65. The summed E-state index contributed by atoms with van der Waals surface area (Å²) in [6, 6.07) is 3.44. The normalized spacial score (nSPS) is 11.0. The Hall–Kier alpha value is -1.98. The maximum absolute atomic E-state index is 3.84. The molecule has 2 aromatic rings. The molecule has 0 aliphatic heterocycles. The van der Waals surface area contributed by atoms with Crippen LogP contribution >= 0.6 is 0 Å². The van der Waals surface area contributed by atoms with Gasteiger partial charge in [0.2, 0.25) is 0 Å². The third-order valence-corrected chi connectivity index (χ3v) is 1.24. The lowest BCUT2D eigenvalue weighted by atomic mass is 10.6. The maximum Gasteiger partial charge on any atom is 0.170 e. The van der Waals surface area contributed by atoms with Gasteiger partial charge < -0.3 is 0 Å². The van der Waals surface area contributed by atoms with Crippen LogP contribution in [0, 0.1) is 0 Å². The Morgan fingerprint density at radius 3 is 1.75 bits per heavy atom. The van der Waals surface area contributed by atoms with Crippen molar-refractivity contribution in [3.63, 3.8) is 0 Å². The smallest absolute Gasteiger partial charge is 0.170 e. The van der Waals surface area contributed by atoms with Gasteiger partial charge in [-0.15, -0.1) is 10.2 Å². The lowest BCUT2D eigenvalue weighted by molar-refractivity contribution is 1.02. The molecule has 0 fully saturated rings. The molecule has 0 bridgehead atoms. The van der Waals surface area contributed by atoms with Gasteiger partial charge in [-0.3, -0.25) is 10.2 Å². The number of aromatic nitrogens is 4. The Morgan fingerprint density at radius 2 is 1.42 bits per heavy atom. The molecule has 0 aromatic carbocycles. The van der Waals surface area contributed by atoms with Crippen LogP contribution in [0.3, 0.4) is 0 Å². The predicted molar refractivity (Wildman–Crippen MR) is 41.4 cm³/mol. The van der Waals surface area contributed by atoms with Gasteiger partial charge in [-0.05, 0) is 0 Å². The summed E-state index contributed by atoms with van der Waals surface area (Å²) in [5, 5.41) is 20.4. The zero-order valence-electron chi connectivity index (χ0n) is 6.10. The van der Waals surface area contributed by atoms with E-state index in [0.29, 0.717) is 11.6 Å². The molecule has 6 nitrogen and oxygen atoms in total. The minimum atomic E-state index is 0.615. The number of hydrogen-bond donors (Lipinski definition) is 2. The van der Waals surface area contributed by atoms with Crippen LogP contribution in [0.15, 0.2) is 34.8 Å². The van der Waals surface area contributed by atoms with E-state index in [-0.39, 0.29) is 0 Å². The van der Waals surface area contributed by atoms with Crippen LogP contribution in [-0.2, 0) is 0 Å². The first-order chi connectivity index (χ1) is 5.95. The number of nitrogens with one attached hydrogen (secondary N) is 2. The van der Waals surface area contributed by atoms with Crippen molar-refractivity contribution < 1.29 is 0 Å². The van der Waals surface area contributed by atoms with Crippen molar-refractivity contribution in [1.29, 1.82) is 0 Å². The third-order valence-electron chi connectivity index (χ3n) is 1.24. The van der Waals surface area contributed by atoms with Gasteiger partial charge in [0.25, 0.3) is 0 Å². The van der Waals surface area contributed by atoms with Crippen LogP contribution in [0.2, 0.25) is 0 Å². The van der Waals surface area contributed by atoms with E-state index in [4.69, 9.17) is 0 Å². The molecule has 2 rings (SSSR count). The molecule has 0 saturated carbocycles. The summed E-state index contributed by atoms with van der Waals surface area (Å²) < 4.78 is 0. The van der Waals surface area contributed by atoms with Gasteiger partial charge >= 0.3 is 0 Å². The van der Waals surface area contributed by atoms with Crippen molar-refractivity contribution in [2.45, 2.75) is 0 Å². The van der Waals surface area contributed by atoms with Gasteiger partial charge in [-0.2, -0.15) is 10.2 Å². The molecule has 6 heteroatoms. The van der Waals surface area contributed by atoms with Gasteiger partial charge in [0.1, 0.15) is 0 Å². The number of azo groups is 1. The molecule has 0 saturated heterocycles. The fraction of sp³-hybridized carbons (Fsp3) is 0. The average molecular weight is 162 g/mol. The Bertz CT molecular complexity index is 309. The number of nitrogens with zero attached hydrogens (tertiary/aromatic N) is 4. The first kappa shape index (κ1) is 6.71. The quantitative estimate of drug-likeness (QED) is 0.656.